The van der Waals surface area contributed by atoms with Gasteiger partial charge in [-0.15, -0.1) is 0 Å². The van der Waals surface area contributed by atoms with Crippen LogP contribution in [0, 0.1) is 11.3 Å². The third-order valence-electron chi connectivity index (χ3n) is 6.15. The summed E-state index contributed by atoms with van der Waals surface area (Å²) in [5.41, 5.74) is 0.329. The first kappa shape index (κ1) is 20.3. The van der Waals surface area contributed by atoms with Gasteiger partial charge in [0.1, 0.15) is 5.82 Å². The predicted octanol–water partition coefficient (Wildman–Crippen LogP) is 0.627. The first-order valence-electron chi connectivity index (χ1n) is 10.6. The van der Waals surface area contributed by atoms with Crippen molar-refractivity contribution in [1.82, 2.24) is 20.0 Å². The monoisotopic (exact) mass is 405 g/mol. The number of nitrogens with zero attached hydrogens (tertiary/aromatic N) is 3. The molecule has 2 aliphatic heterocycles. The Morgan fingerprint density at radius 3 is 2.55 bits per heavy atom. The second-order valence-electron chi connectivity index (χ2n) is 8.49. The van der Waals surface area contributed by atoms with Crippen molar-refractivity contribution in [2.45, 2.75) is 25.7 Å². The third kappa shape index (κ3) is 5.15. The highest BCUT2D eigenvalue weighted by Crippen LogP contribution is 2.32. The summed E-state index contributed by atoms with van der Waals surface area (Å²) in [4.78, 5) is 27.2. The van der Waals surface area contributed by atoms with Gasteiger partial charge in [-0.05, 0) is 25.7 Å². The van der Waals surface area contributed by atoms with E-state index in [1.807, 2.05) is 0 Å². The number of morpholine rings is 1. The van der Waals surface area contributed by atoms with Crippen molar-refractivity contribution in [3.63, 3.8) is 0 Å². The zero-order chi connectivity index (χ0) is 20.3. The number of carbonyl (C=O) groups is 2. The Balaban J connectivity index is 1.36. The number of aromatic nitrogens is 2. The maximum absolute atomic E-state index is 12.8. The fraction of sp³-hybridized carbons (Fsp3) is 0.750. The van der Waals surface area contributed by atoms with Gasteiger partial charge in [-0.1, -0.05) is 0 Å². The van der Waals surface area contributed by atoms with Crippen molar-refractivity contribution >= 4 is 17.6 Å². The maximum Gasteiger partial charge on any atom is 0.271 e. The zero-order valence-electron chi connectivity index (χ0n) is 17.1. The van der Waals surface area contributed by atoms with E-state index in [0.717, 1.165) is 71.7 Å². The molecule has 0 aromatic carbocycles. The van der Waals surface area contributed by atoms with Crippen molar-refractivity contribution in [2.24, 2.45) is 18.4 Å². The molecule has 2 amide bonds. The fourth-order valence-electron chi connectivity index (χ4n) is 4.06. The average molecular weight is 405 g/mol. The first-order valence-corrected chi connectivity index (χ1v) is 10.6. The summed E-state index contributed by atoms with van der Waals surface area (Å²) in [6, 6.07) is 1.65. The van der Waals surface area contributed by atoms with Crippen molar-refractivity contribution in [2.75, 3.05) is 57.9 Å². The molecule has 0 spiro atoms. The maximum atomic E-state index is 12.8. The van der Waals surface area contributed by atoms with Gasteiger partial charge in [0, 0.05) is 63.8 Å². The molecule has 0 bridgehead atoms. The molecule has 4 rings (SSSR count). The van der Waals surface area contributed by atoms with Crippen LogP contribution in [-0.4, -0.2) is 79.1 Å². The van der Waals surface area contributed by atoms with Crippen LogP contribution in [0.15, 0.2) is 6.07 Å². The van der Waals surface area contributed by atoms with Gasteiger partial charge in [-0.2, -0.15) is 5.10 Å². The third-order valence-corrected chi connectivity index (χ3v) is 6.15. The standard InChI is InChI=1S/C20H31N5O4/c1-24-17(22-18(26)15-2-3-15)12-16(23-24)19(27)21-13-20(4-8-28-9-5-20)14-25-6-10-29-11-7-25/h12,15H,2-11,13-14H2,1H3,(H,21,27)(H,22,26). The summed E-state index contributed by atoms with van der Waals surface area (Å²) in [5, 5.41) is 10.2. The van der Waals surface area contributed by atoms with Crippen LogP contribution < -0.4 is 10.6 Å². The molecule has 29 heavy (non-hydrogen) atoms. The van der Waals surface area contributed by atoms with Crippen LogP contribution in [0.4, 0.5) is 5.82 Å². The number of amides is 2. The summed E-state index contributed by atoms with van der Waals surface area (Å²) in [7, 11) is 1.73. The zero-order valence-corrected chi connectivity index (χ0v) is 17.1. The van der Waals surface area contributed by atoms with E-state index in [4.69, 9.17) is 9.47 Å². The van der Waals surface area contributed by atoms with E-state index in [0.29, 0.717) is 18.1 Å². The molecule has 1 aromatic heterocycles. The molecule has 0 atom stereocenters. The van der Waals surface area contributed by atoms with Gasteiger partial charge in [0.05, 0.1) is 13.2 Å². The largest absolute Gasteiger partial charge is 0.381 e. The summed E-state index contributed by atoms with van der Waals surface area (Å²) in [6.07, 6.45) is 3.73. The number of nitrogens with one attached hydrogen (secondary N) is 2. The second kappa shape index (κ2) is 8.81. The Hall–Kier alpha value is -1.97. The van der Waals surface area contributed by atoms with E-state index in [2.05, 4.69) is 20.6 Å². The minimum atomic E-state index is -0.208. The Labute approximate surface area is 171 Å². The van der Waals surface area contributed by atoms with Gasteiger partial charge in [0.25, 0.3) is 5.91 Å². The highest BCUT2D eigenvalue weighted by molar-refractivity contribution is 5.96. The Bertz CT molecular complexity index is 733. The van der Waals surface area contributed by atoms with E-state index >= 15 is 0 Å². The lowest BCUT2D eigenvalue weighted by Gasteiger charge is -2.42. The summed E-state index contributed by atoms with van der Waals surface area (Å²) < 4.78 is 12.6. The van der Waals surface area contributed by atoms with E-state index in [-0.39, 0.29) is 23.1 Å². The molecule has 0 radical (unpaired) electrons. The van der Waals surface area contributed by atoms with Gasteiger partial charge in [0.15, 0.2) is 5.69 Å². The molecule has 160 valence electrons. The molecule has 1 aromatic rings. The molecule has 1 saturated carbocycles. The average Bonchev–Trinajstić information content (AvgIpc) is 3.52. The van der Waals surface area contributed by atoms with Crippen LogP contribution in [0.25, 0.3) is 0 Å². The molecule has 2 saturated heterocycles. The van der Waals surface area contributed by atoms with E-state index in [9.17, 15) is 9.59 Å². The fourth-order valence-corrected chi connectivity index (χ4v) is 4.06. The van der Waals surface area contributed by atoms with Crippen LogP contribution in [0.2, 0.25) is 0 Å². The number of aryl methyl sites for hydroxylation is 1. The van der Waals surface area contributed by atoms with Gasteiger partial charge in [-0.3, -0.25) is 19.2 Å². The van der Waals surface area contributed by atoms with Gasteiger partial charge in [0.2, 0.25) is 5.91 Å². The van der Waals surface area contributed by atoms with Gasteiger partial charge in [-0.25, -0.2) is 0 Å². The van der Waals surface area contributed by atoms with E-state index < -0.39 is 0 Å². The lowest BCUT2D eigenvalue weighted by atomic mass is 9.79. The van der Waals surface area contributed by atoms with Crippen LogP contribution in [-0.2, 0) is 21.3 Å². The van der Waals surface area contributed by atoms with Crippen molar-refractivity contribution in [3.8, 4) is 0 Å². The molecule has 0 unspecified atom stereocenters. The molecule has 3 heterocycles. The second-order valence-corrected chi connectivity index (χ2v) is 8.49. The van der Waals surface area contributed by atoms with Crippen molar-refractivity contribution in [1.29, 1.82) is 0 Å². The Morgan fingerprint density at radius 1 is 1.17 bits per heavy atom. The quantitative estimate of drug-likeness (QED) is 0.691. The van der Waals surface area contributed by atoms with E-state index in [1.54, 1.807) is 17.8 Å². The van der Waals surface area contributed by atoms with Crippen LogP contribution in [0.5, 0.6) is 0 Å². The van der Waals surface area contributed by atoms with Crippen molar-refractivity contribution in [3.05, 3.63) is 11.8 Å². The first-order chi connectivity index (χ1) is 14.0. The number of rotatable bonds is 7. The molecule has 9 heteroatoms. The highest BCUT2D eigenvalue weighted by atomic mass is 16.5. The number of carbonyl (C=O) groups excluding carboxylic acids is 2. The number of hydrogen-bond donors (Lipinski definition) is 2. The number of hydrogen-bond acceptors (Lipinski definition) is 6. The molecular weight excluding hydrogens is 374 g/mol. The minimum Gasteiger partial charge on any atom is -0.381 e. The predicted molar refractivity (Wildman–Crippen MR) is 107 cm³/mol. The molecule has 1 aliphatic carbocycles. The Kier molecular flexibility index (Phi) is 6.17. The van der Waals surface area contributed by atoms with Gasteiger partial charge >= 0.3 is 0 Å². The minimum absolute atomic E-state index is 0.00303. The van der Waals surface area contributed by atoms with Crippen LogP contribution >= 0.6 is 0 Å². The van der Waals surface area contributed by atoms with Crippen LogP contribution in [0.1, 0.15) is 36.2 Å². The smallest absolute Gasteiger partial charge is 0.271 e. The van der Waals surface area contributed by atoms with Gasteiger partial charge < -0.3 is 20.1 Å². The number of anilines is 1. The molecule has 2 N–H and O–H groups in total. The normalized spacial score (nSPS) is 22.2. The summed E-state index contributed by atoms with van der Waals surface area (Å²) in [5.74, 6) is 0.462. The Morgan fingerprint density at radius 2 is 1.86 bits per heavy atom. The molecule has 3 aliphatic rings. The molecule has 3 fully saturated rings. The van der Waals surface area contributed by atoms with E-state index in [1.165, 1.54) is 0 Å². The molecular formula is C20H31N5O4. The molecule has 9 nitrogen and oxygen atoms in total. The highest BCUT2D eigenvalue weighted by Gasteiger charge is 2.36. The topological polar surface area (TPSA) is 97.7 Å². The summed E-state index contributed by atoms with van der Waals surface area (Å²) in [6.45, 7) is 6.37. The lowest BCUT2D eigenvalue weighted by Crippen LogP contribution is -2.50. The SMILES string of the molecule is Cn1nc(C(=O)NCC2(CN3CCOCC3)CCOCC2)cc1NC(=O)C1CC1. The summed E-state index contributed by atoms with van der Waals surface area (Å²) >= 11 is 0. The van der Waals surface area contributed by atoms with Crippen molar-refractivity contribution < 1.29 is 19.1 Å². The number of ether oxygens (including phenoxy) is 2. The van der Waals surface area contributed by atoms with Crippen LogP contribution in [0.3, 0.4) is 0 Å². The lowest BCUT2D eigenvalue weighted by molar-refractivity contribution is -0.117.